The molecule has 0 aromatic carbocycles. The molecule has 0 N–H and O–H groups in total. The maximum Gasteiger partial charge on any atom is 0.252 e. The van der Waals surface area contributed by atoms with Gasteiger partial charge in [-0.2, -0.15) is 4.31 Å². The Balaban J connectivity index is 1.71. The van der Waals surface area contributed by atoms with Crippen molar-refractivity contribution in [2.45, 2.75) is 23.1 Å². The van der Waals surface area contributed by atoms with Crippen LogP contribution in [0.5, 0.6) is 0 Å². The van der Waals surface area contributed by atoms with Crippen LogP contribution in [-0.4, -0.2) is 30.4 Å². The van der Waals surface area contributed by atoms with E-state index in [1.54, 1.807) is 21.8 Å². The number of nitrogens with zero attached hydrogens (tertiary/aromatic N) is 2. The van der Waals surface area contributed by atoms with E-state index in [1.165, 1.54) is 11.3 Å². The summed E-state index contributed by atoms with van der Waals surface area (Å²) in [5.41, 5.74) is 0. The number of hydrogen-bond acceptors (Lipinski definition) is 3. The van der Waals surface area contributed by atoms with Crippen LogP contribution in [0.1, 0.15) is 18.9 Å². The third-order valence-electron chi connectivity index (χ3n) is 3.56. The average molecular weight is 296 g/mol. The van der Waals surface area contributed by atoms with Gasteiger partial charge in [0.25, 0.3) is 10.0 Å². The van der Waals surface area contributed by atoms with Crippen LogP contribution >= 0.6 is 11.3 Å². The molecule has 0 radical (unpaired) electrons. The van der Waals surface area contributed by atoms with Crippen LogP contribution in [0.2, 0.25) is 0 Å². The van der Waals surface area contributed by atoms with Crippen molar-refractivity contribution in [2.75, 3.05) is 13.1 Å². The Morgan fingerprint density at radius 1 is 1.11 bits per heavy atom. The molecule has 4 nitrogen and oxygen atoms in total. The van der Waals surface area contributed by atoms with E-state index in [2.05, 4.69) is 4.57 Å². The molecule has 0 saturated carbocycles. The van der Waals surface area contributed by atoms with Gasteiger partial charge < -0.3 is 4.57 Å². The molecule has 1 aliphatic rings. The fourth-order valence-electron chi connectivity index (χ4n) is 2.51. The SMILES string of the molecule is O=S(=O)(c1cccs1)N1CCC(n2cccc2)CC1. The van der Waals surface area contributed by atoms with Crippen LogP contribution in [0.3, 0.4) is 0 Å². The van der Waals surface area contributed by atoms with E-state index in [0.717, 1.165) is 12.8 Å². The largest absolute Gasteiger partial charge is 0.351 e. The van der Waals surface area contributed by atoms with Crippen LogP contribution in [0, 0.1) is 0 Å². The number of hydrogen-bond donors (Lipinski definition) is 0. The van der Waals surface area contributed by atoms with Gasteiger partial charge >= 0.3 is 0 Å². The highest BCUT2D eigenvalue weighted by molar-refractivity contribution is 7.91. The fourth-order valence-corrected chi connectivity index (χ4v) is 5.12. The van der Waals surface area contributed by atoms with E-state index >= 15 is 0 Å². The van der Waals surface area contributed by atoms with Crippen molar-refractivity contribution in [2.24, 2.45) is 0 Å². The Hall–Kier alpha value is -1.11. The molecule has 0 amide bonds. The Labute approximate surface area is 117 Å². The molecule has 19 heavy (non-hydrogen) atoms. The molecule has 0 spiro atoms. The molecule has 2 aromatic heterocycles. The van der Waals surface area contributed by atoms with Gasteiger partial charge in [-0.25, -0.2) is 8.42 Å². The van der Waals surface area contributed by atoms with Gasteiger partial charge in [0, 0.05) is 31.5 Å². The summed E-state index contributed by atoms with van der Waals surface area (Å²) in [7, 11) is -3.27. The minimum atomic E-state index is -3.27. The second kappa shape index (κ2) is 5.11. The van der Waals surface area contributed by atoms with Crippen molar-refractivity contribution in [3.63, 3.8) is 0 Å². The molecular weight excluding hydrogens is 280 g/mol. The van der Waals surface area contributed by atoms with E-state index in [0.29, 0.717) is 23.3 Å². The van der Waals surface area contributed by atoms with Crippen molar-refractivity contribution in [1.29, 1.82) is 0 Å². The first-order valence-corrected chi connectivity index (χ1v) is 8.66. The molecule has 0 bridgehead atoms. The van der Waals surface area contributed by atoms with Gasteiger partial charge in [0.2, 0.25) is 0 Å². The number of rotatable bonds is 3. The second-order valence-electron chi connectivity index (χ2n) is 4.70. The predicted octanol–water partition coefficient (Wildman–Crippen LogP) is 2.58. The summed E-state index contributed by atoms with van der Waals surface area (Å²) in [6, 6.07) is 7.90. The van der Waals surface area contributed by atoms with Crippen molar-refractivity contribution in [1.82, 2.24) is 8.87 Å². The molecular formula is C13H16N2O2S2. The molecule has 1 fully saturated rings. The molecule has 102 valence electrons. The summed E-state index contributed by atoms with van der Waals surface area (Å²) in [4.78, 5) is 0. The average Bonchev–Trinajstić information content (AvgIpc) is 3.12. The van der Waals surface area contributed by atoms with E-state index < -0.39 is 10.0 Å². The van der Waals surface area contributed by atoms with E-state index in [4.69, 9.17) is 0 Å². The lowest BCUT2D eigenvalue weighted by Gasteiger charge is -2.31. The van der Waals surface area contributed by atoms with Crippen molar-refractivity contribution in [3.8, 4) is 0 Å². The van der Waals surface area contributed by atoms with Gasteiger partial charge in [-0.1, -0.05) is 6.07 Å². The molecule has 3 rings (SSSR count). The fraction of sp³-hybridized carbons (Fsp3) is 0.385. The first-order chi connectivity index (χ1) is 9.18. The standard InChI is InChI=1S/C13H16N2O2S2/c16-19(17,13-4-3-11-18-13)15-9-5-12(6-10-15)14-7-1-2-8-14/h1-4,7-8,11-12H,5-6,9-10H2. The van der Waals surface area contributed by atoms with E-state index in [1.807, 2.05) is 24.5 Å². The highest BCUT2D eigenvalue weighted by Crippen LogP contribution is 2.28. The number of sulfonamides is 1. The Morgan fingerprint density at radius 2 is 1.79 bits per heavy atom. The maximum atomic E-state index is 12.4. The Bertz CT molecular complexity index is 610. The van der Waals surface area contributed by atoms with E-state index in [9.17, 15) is 8.42 Å². The van der Waals surface area contributed by atoms with Crippen LogP contribution in [-0.2, 0) is 10.0 Å². The molecule has 0 aliphatic carbocycles. The van der Waals surface area contributed by atoms with Crippen molar-refractivity contribution >= 4 is 21.4 Å². The minimum Gasteiger partial charge on any atom is -0.351 e. The molecule has 1 saturated heterocycles. The smallest absolute Gasteiger partial charge is 0.252 e. The van der Waals surface area contributed by atoms with Gasteiger partial charge in [-0.15, -0.1) is 11.3 Å². The summed E-state index contributed by atoms with van der Waals surface area (Å²) in [6.07, 6.45) is 5.85. The molecule has 3 heterocycles. The first kappa shape index (κ1) is 12.9. The highest BCUT2D eigenvalue weighted by Gasteiger charge is 2.30. The van der Waals surface area contributed by atoms with Gasteiger partial charge in [-0.3, -0.25) is 0 Å². The van der Waals surface area contributed by atoms with Gasteiger partial charge in [0.1, 0.15) is 4.21 Å². The van der Waals surface area contributed by atoms with Gasteiger partial charge in [0.15, 0.2) is 0 Å². The summed E-state index contributed by atoms with van der Waals surface area (Å²) in [5, 5.41) is 1.81. The molecule has 0 unspecified atom stereocenters. The predicted molar refractivity (Wildman–Crippen MR) is 75.8 cm³/mol. The van der Waals surface area contributed by atoms with Crippen molar-refractivity contribution in [3.05, 3.63) is 42.0 Å². The lowest BCUT2D eigenvalue weighted by atomic mass is 10.1. The third kappa shape index (κ3) is 2.48. The molecule has 0 atom stereocenters. The van der Waals surface area contributed by atoms with Gasteiger partial charge in [-0.05, 0) is 36.4 Å². The quantitative estimate of drug-likeness (QED) is 0.873. The number of aromatic nitrogens is 1. The summed E-state index contributed by atoms with van der Waals surface area (Å²) in [5.74, 6) is 0. The van der Waals surface area contributed by atoms with Gasteiger partial charge in [0.05, 0.1) is 0 Å². The second-order valence-corrected chi connectivity index (χ2v) is 7.81. The number of thiophene rings is 1. The summed E-state index contributed by atoms with van der Waals surface area (Å²) < 4.78 is 29.0. The van der Waals surface area contributed by atoms with Crippen LogP contribution in [0.15, 0.2) is 46.2 Å². The molecule has 6 heteroatoms. The number of piperidine rings is 1. The summed E-state index contributed by atoms with van der Waals surface area (Å²) in [6.45, 7) is 1.20. The molecule has 2 aromatic rings. The van der Waals surface area contributed by atoms with Crippen LogP contribution < -0.4 is 0 Å². The maximum absolute atomic E-state index is 12.4. The lowest BCUT2D eigenvalue weighted by molar-refractivity contribution is 0.274. The zero-order valence-corrected chi connectivity index (χ0v) is 12.1. The highest BCUT2D eigenvalue weighted by atomic mass is 32.2. The van der Waals surface area contributed by atoms with Crippen molar-refractivity contribution < 1.29 is 8.42 Å². The zero-order valence-electron chi connectivity index (χ0n) is 10.5. The van der Waals surface area contributed by atoms with Crippen LogP contribution in [0.4, 0.5) is 0 Å². The topological polar surface area (TPSA) is 42.3 Å². The first-order valence-electron chi connectivity index (χ1n) is 6.34. The Kier molecular flexibility index (Phi) is 3.47. The molecule has 1 aliphatic heterocycles. The monoisotopic (exact) mass is 296 g/mol. The minimum absolute atomic E-state index is 0.421. The summed E-state index contributed by atoms with van der Waals surface area (Å²) >= 11 is 1.29. The normalized spacial score (nSPS) is 18.7. The Morgan fingerprint density at radius 3 is 2.37 bits per heavy atom. The van der Waals surface area contributed by atoms with E-state index in [-0.39, 0.29) is 0 Å². The van der Waals surface area contributed by atoms with Crippen LogP contribution in [0.25, 0.3) is 0 Å². The third-order valence-corrected chi connectivity index (χ3v) is 6.83. The zero-order chi connectivity index (χ0) is 13.3. The lowest BCUT2D eigenvalue weighted by Crippen LogP contribution is -2.38.